The third-order valence-electron chi connectivity index (χ3n) is 1.55. The van der Waals surface area contributed by atoms with Gasteiger partial charge in [-0.2, -0.15) is 5.26 Å². The standard InChI is InChI=1S/C9H13NO3/c1-3-8(11)5-7(6-10)9(12)13-4-2/h7H,3-5H2,1-2H3. The van der Waals surface area contributed by atoms with Gasteiger partial charge in [-0.1, -0.05) is 6.92 Å². The minimum absolute atomic E-state index is 0.0359. The van der Waals surface area contributed by atoms with Crippen LogP contribution in [0.15, 0.2) is 0 Å². The molecule has 1 unspecified atom stereocenters. The van der Waals surface area contributed by atoms with Crippen molar-refractivity contribution >= 4 is 11.8 Å². The van der Waals surface area contributed by atoms with Crippen molar-refractivity contribution in [2.24, 2.45) is 5.92 Å². The quantitative estimate of drug-likeness (QED) is 0.597. The molecule has 0 spiro atoms. The minimum Gasteiger partial charge on any atom is -0.465 e. The summed E-state index contributed by atoms with van der Waals surface area (Å²) in [4.78, 5) is 22.0. The zero-order valence-corrected chi connectivity index (χ0v) is 7.87. The van der Waals surface area contributed by atoms with Gasteiger partial charge in [-0.3, -0.25) is 9.59 Å². The van der Waals surface area contributed by atoms with Gasteiger partial charge in [0.2, 0.25) is 0 Å². The Labute approximate surface area is 77.5 Å². The lowest BCUT2D eigenvalue weighted by Crippen LogP contribution is -2.19. The molecule has 0 aliphatic heterocycles. The van der Waals surface area contributed by atoms with Crippen molar-refractivity contribution in [3.05, 3.63) is 0 Å². The number of carbonyl (C=O) groups excluding carboxylic acids is 2. The van der Waals surface area contributed by atoms with Crippen molar-refractivity contribution in [3.8, 4) is 6.07 Å². The molecule has 4 nitrogen and oxygen atoms in total. The zero-order chi connectivity index (χ0) is 10.3. The second-order valence-electron chi connectivity index (χ2n) is 2.53. The Morgan fingerprint density at radius 3 is 2.46 bits per heavy atom. The first kappa shape index (κ1) is 11.6. The van der Waals surface area contributed by atoms with Crippen molar-refractivity contribution < 1.29 is 14.3 Å². The zero-order valence-electron chi connectivity index (χ0n) is 7.87. The van der Waals surface area contributed by atoms with E-state index in [9.17, 15) is 9.59 Å². The van der Waals surface area contributed by atoms with Crippen LogP contribution in [0.4, 0.5) is 0 Å². The van der Waals surface area contributed by atoms with E-state index in [0.717, 1.165) is 0 Å². The lowest BCUT2D eigenvalue weighted by Gasteiger charge is -2.05. The highest BCUT2D eigenvalue weighted by Gasteiger charge is 2.21. The highest BCUT2D eigenvalue weighted by Crippen LogP contribution is 2.06. The number of ketones is 1. The Kier molecular flexibility index (Phi) is 5.53. The molecular formula is C9H13NO3. The van der Waals surface area contributed by atoms with E-state index >= 15 is 0 Å². The van der Waals surface area contributed by atoms with E-state index < -0.39 is 11.9 Å². The number of carbonyl (C=O) groups is 2. The van der Waals surface area contributed by atoms with Crippen LogP contribution in [0, 0.1) is 17.2 Å². The van der Waals surface area contributed by atoms with Crippen LogP contribution in [0.3, 0.4) is 0 Å². The van der Waals surface area contributed by atoms with Crippen LogP contribution in [0.5, 0.6) is 0 Å². The molecule has 1 atom stereocenters. The second kappa shape index (κ2) is 6.18. The smallest absolute Gasteiger partial charge is 0.323 e. The van der Waals surface area contributed by atoms with Gasteiger partial charge in [-0.15, -0.1) is 0 Å². The molecule has 0 fully saturated rings. The SMILES string of the molecule is CCOC(=O)C(C#N)CC(=O)CC. The normalized spacial score (nSPS) is 11.5. The number of esters is 1. The van der Waals surface area contributed by atoms with Gasteiger partial charge < -0.3 is 4.74 Å². The Morgan fingerprint density at radius 2 is 2.08 bits per heavy atom. The van der Waals surface area contributed by atoms with Crippen LogP contribution in [0.1, 0.15) is 26.7 Å². The fourth-order valence-electron chi connectivity index (χ4n) is 0.797. The number of hydrogen-bond donors (Lipinski definition) is 0. The average Bonchev–Trinajstić information content (AvgIpc) is 2.14. The van der Waals surface area contributed by atoms with E-state index in [1.54, 1.807) is 19.9 Å². The predicted molar refractivity (Wildman–Crippen MR) is 45.7 cm³/mol. The maximum Gasteiger partial charge on any atom is 0.323 e. The van der Waals surface area contributed by atoms with Gasteiger partial charge in [0.25, 0.3) is 0 Å². The third-order valence-corrected chi connectivity index (χ3v) is 1.55. The summed E-state index contributed by atoms with van der Waals surface area (Å²) in [6, 6.07) is 1.76. The van der Waals surface area contributed by atoms with Crippen LogP contribution in [-0.4, -0.2) is 18.4 Å². The molecule has 0 aromatic carbocycles. The molecule has 0 radical (unpaired) electrons. The molecule has 0 aliphatic carbocycles. The molecule has 4 heteroatoms. The molecule has 0 aromatic rings. The van der Waals surface area contributed by atoms with E-state index in [-0.39, 0.29) is 18.8 Å². The Bertz CT molecular complexity index is 230. The first-order chi connectivity index (χ1) is 6.15. The maximum atomic E-state index is 11.0. The van der Waals surface area contributed by atoms with Crippen LogP contribution in [0.25, 0.3) is 0 Å². The summed E-state index contributed by atoms with van der Waals surface area (Å²) in [5.41, 5.74) is 0. The molecule has 0 saturated heterocycles. The second-order valence-corrected chi connectivity index (χ2v) is 2.53. The molecule has 0 bridgehead atoms. The van der Waals surface area contributed by atoms with Crippen molar-refractivity contribution in [1.29, 1.82) is 5.26 Å². The average molecular weight is 183 g/mol. The van der Waals surface area contributed by atoms with Gasteiger partial charge in [0.1, 0.15) is 5.78 Å². The molecule has 0 aliphatic rings. The molecular weight excluding hydrogens is 170 g/mol. The first-order valence-corrected chi connectivity index (χ1v) is 4.23. The lowest BCUT2D eigenvalue weighted by molar-refractivity contribution is -0.147. The van der Waals surface area contributed by atoms with Crippen LogP contribution in [0.2, 0.25) is 0 Å². The number of nitrogens with zero attached hydrogens (tertiary/aromatic N) is 1. The van der Waals surface area contributed by atoms with E-state index in [2.05, 4.69) is 4.74 Å². The van der Waals surface area contributed by atoms with Crippen LogP contribution >= 0.6 is 0 Å². The van der Waals surface area contributed by atoms with E-state index in [1.165, 1.54) is 0 Å². The van der Waals surface area contributed by atoms with Gasteiger partial charge >= 0.3 is 5.97 Å². The summed E-state index contributed by atoms with van der Waals surface area (Å²) in [5.74, 6) is -1.64. The number of nitriles is 1. The largest absolute Gasteiger partial charge is 0.465 e. The van der Waals surface area contributed by atoms with E-state index in [4.69, 9.17) is 5.26 Å². The maximum absolute atomic E-state index is 11.0. The Balaban J connectivity index is 4.12. The van der Waals surface area contributed by atoms with Gasteiger partial charge in [0.15, 0.2) is 5.92 Å². The summed E-state index contributed by atoms with van der Waals surface area (Å²) in [7, 11) is 0. The lowest BCUT2D eigenvalue weighted by atomic mass is 10.0. The summed E-state index contributed by atoms with van der Waals surface area (Å²) in [5, 5.41) is 8.56. The first-order valence-electron chi connectivity index (χ1n) is 4.23. The van der Waals surface area contributed by atoms with Gasteiger partial charge in [0.05, 0.1) is 12.7 Å². The molecule has 0 N–H and O–H groups in total. The van der Waals surface area contributed by atoms with Gasteiger partial charge in [-0.05, 0) is 6.92 Å². The molecule has 0 rings (SSSR count). The highest BCUT2D eigenvalue weighted by atomic mass is 16.5. The van der Waals surface area contributed by atoms with Crippen molar-refractivity contribution in [3.63, 3.8) is 0 Å². The monoisotopic (exact) mass is 183 g/mol. The number of hydrogen-bond acceptors (Lipinski definition) is 4. The summed E-state index contributed by atoms with van der Waals surface area (Å²) in [6.45, 7) is 3.59. The predicted octanol–water partition coefficient (Wildman–Crippen LogP) is 1.06. The summed E-state index contributed by atoms with van der Waals surface area (Å²) < 4.78 is 4.63. The molecule has 0 aromatic heterocycles. The van der Waals surface area contributed by atoms with Gasteiger partial charge in [0, 0.05) is 12.8 Å². The fourth-order valence-corrected chi connectivity index (χ4v) is 0.797. The van der Waals surface area contributed by atoms with Crippen molar-refractivity contribution in [2.75, 3.05) is 6.61 Å². The van der Waals surface area contributed by atoms with Crippen LogP contribution < -0.4 is 0 Å². The topological polar surface area (TPSA) is 67.2 Å². The molecule has 0 saturated carbocycles. The fraction of sp³-hybridized carbons (Fsp3) is 0.667. The molecule has 0 heterocycles. The Morgan fingerprint density at radius 1 is 1.46 bits per heavy atom. The van der Waals surface area contributed by atoms with Crippen molar-refractivity contribution in [2.45, 2.75) is 26.7 Å². The van der Waals surface area contributed by atoms with Crippen LogP contribution in [-0.2, 0) is 14.3 Å². The van der Waals surface area contributed by atoms with Gasteiger partial charge in [-0.25, -0.2) is 0 Å². The third kappa shape index (κ3) is 4.26. The molecule has 13 heavy (non-hydrogen) atoms. The number of ether oxygens (including phenoxy) is 1. The molecule has 72 valence electrons. The van der Waals surface area contributed by atoms with E-state index in [0.29, 0.717) is 6.42 Å². The molecule has 0 amide bonds. The highest BCUT2D eigenvalue weighted by molar-refractivity contribution is 5.85. The summed E-state index contributed by atoms with van der Waals surface area (Å²) in [6.07, 6.45) is 0.309. The number of rotatable bonds is 5. The van der Waals surface area contributed by atoms with E-state index in [1.807, 2.05) is 0 Å². The minimum atomic E-state index is -0.938. The van der Waals surface area contributed by atoms with Crippen molar-refractivity contribution in [1.82, 2.24) is 0 Å². The Hall–Kier alpha value is -1.37. The summed E-state index contributed by atoms with van der Waals surface area (Å²) >= 11 is 0. The number of Topliss-reactive ketones (excluding diaryl/α,β-unsaturated/α-hetero) is 1.